The van der Waals surface area contributed by atoms with Crippen LogP contribution < -0.4 is 10.6 Å². The van der Waals surface area contributed by atoms with E-state index < -0.39 is 35.1 Å². The van der Waals surface area contributed by atoms with Gasteiger partial charge in [-0.25, -0.2) is 9.07 Å². The van der Waals surface area contributed by atoms with Crippen molar-refractivity contribution in [1.29, 1.82) is 0 Å². The van der Waals surface area contributed by atoms with E-state index in [0.717, 1.165) is 12.1 Å². The van der Waals surface area contributed by atoms with E-state index >= 15 is 0 Å². The van der Waals surface area contributed by atoms with Crippen LogP contribution in [-0.4, -0.2) is 21.6 Å². The van der Waals surface area contributed by atoms with Gasteiger partial charge in [-0.1, -0.05) is 0 Å². The number of anilines is 2. The van der Waals surface area contributed by atoms with Gasteiger partial charge in [0.15, 0.2) is 5.69 Å². The predicted molar refractivity (Wildman–Crippen MR) is 97.2 cm³/mol. The number of carbonyl (C=O) groups excluding carboxylic acids is 2. The lowest BCUT2D eigenvalue weighted by Crippen LogP contribution is -2.18. The quantitative estimate of drug-likeness (QED) is 0.637. The molecule has 10 heteroatoms. The second kappa shape index (κ2) is 7.74. The minimum Gasteiger partial charge on any atom is -0.326 e. The van der Waals surface area contributed by atoms with E-state index in [9.17, 15) is 27.2 Å². The monoisotopic (exact) mass is 406 g/mol. The van der Waals surface area contributed by atoms with Gasteiger partial charge < -0.3 is 10.6 Å². The number of hydrogen-bond donors (Lipinski definition) is 2. The van der Waals surface area contributed by atoms with E-state index in [2.05, 4.69) is 15.7 Å². The molecule has 0 aliphatic rings. The minimum absolute atomic E-state index is 0.0524. The number of hydrogen-bond acceptors (Lipinski definition) is 3. The molecule has 3 aromatic rings. The molecule has 2 aromatic carbocycles. The first-order valence-electron chi connectivity index (χ1n) is 8.25. The van der Waals surface area contributed by atoms with Gasteiger partial charge in [0.05, 0.1) is 16.9 Å². The zero-order valence-corrected chi connectivity index (χ0v) is 14.9. The SMILES string of the molecule is CC(=O)Nc1ccc(NC(=O)c2ccn(-c3ccc(F)cc3)n2)c(C(F)(F)F)c1. The maximum absolute atomic E-state index is 13.4. The van der Waals surface area contributed by atoms with Crippen molar-refractivity contribution in [1.82, 2.24) is 9.78 Å². The van der Waals surface area contributed by atoms with E-state index in [0.29, 0.717) is 5.69 Å². The lowest BCUT2D eigenvalue weighted by Gasteiger charge is -2.15. The third-order valence-electron chi connectivity index (χ3n) is 3.81. The average Bonchev–Trinajstić information content (AvgIpc) is 3.12. The maximum atomic E-state index is 13.4. The molecule has 0 aliphatic heterocycles. The fourth-order valence-corrected chi connectivity index (χ4v) is 2.54. The highest BCUT2D eigenvalue weighted by atomic mass is 19.4. The molecule has 0 aliphatic carbocycles. The van der Waals surface area contributed by atoms with Crippen molar-refractivity contribution in [3.05, 3.63) is 71.8 Å². The molecule has 2 N–H and O–H groups in total. The Morgan fingerprint density at radius 3 is 2.31 bits per heavy atom. The molecule has 1 aromatic heterocycles. The summed E-state index contributed by atoms with van der Waals surface area (Å²) in [5.74, 6) is -1.83. The smallest absolute Gasteiger partial charge is 0.326 e. The summed E-state index contributed by atoms with van der Waals surface area (Å²) in [7, 11) is 0. The van der Waals surface area contributed by atoms with Crippen LogP contribution in [0.25, 0.3) is 5.69 Å². The summed E-state index contributed by atoms with van der Waals surface area (Å²) in [5.41, 5.74) is -1.30. The first kappa shape index (κ1) is 20.1. The number of nitrogens with one attached hydrogen (secondary N) is 2. The molecule has 0 radical (unpaired) electrons. The van der Waals surface area contributed by atoms with E-state index in [4.69, 9.17) is 0 Å². The van der Waals surface area contributed by atoms with Gasteiger partial charge in [0, 0.05) is 18.8 Å². The molecule has 0 saturated heterocycles. The van der Waals surface area contributed by atoms with Crippen molar-refractivity contribution in [3.8, 4) is 5.69 Å². The van der Waals surface area contributed by atoms with E-state index in [1.807, 2.05) is 0 Å². The van der Waals surface area contributed by atoms with Gasteiger partial charge in [0.2, 0.25) is 5.91 Å². The Labute approximate surface area is 162 Å². The molecule has 0 saturated carbocycles. The fraction of sp³-hybridized carbons (Fsp3) is 0.105. The van der Waals surface area contributed by atoms with Crippen LogP contribution in [0.1, 0.15) is 23.0 Å². The van der Waals surface area contributed by atoms with Gasteiger partial charge in [-0.2, -0.15) is 18.3 Å². The predicted octanol–water partition coefficient (Wildman–Crippen LogP) is 4.24. The molecule has 1 heterocycles. The largest absolute Gasteiger partial charge is 0.418 e. The molecule has 150 valence electrons. The van der Waals surface area contributed by atoms with Gasteiger partial charge in [-0.15, -0.1) is 0 Å². The Bertz CT molecular complexity index is 1060. The first-order valence-corrected chi connectivity index (χ1v) is 8.25. The number of rotatable bonds is 4. The average molecular weight is 406 g/mol. The van der Waals surface area contributed by atoms with Gasteiger partial charge in [0.25, 0.3) is 5.91 Å². The van der Waals surface area contributed by atoms with Gasteiger partial charge in [-0.05, 0) is 48.5 Å². The molecule has 3 rings (SSSR count). The Kier molecular flexibility index (Phi) is 5.35. The highest BCUT2D eigenvalue weighted by Gasteiger charge is 2.34. The topological polar surface area (TPSA) is 76.0 Å². The fourth-order valence-electron chi connectivity index (χ4n) is 2.54. The van der Waals surface area contributed by atoms with Crippen molar-refractivity contribution >= 4 is 23.2 Å². The first-order chi connectivity index (χ1) is 13.6. The molecule has 29 heavy (non-hydrogen) atoms. The molecular weight excluding hydrogens is 392 g/mol. The Morgan fingerprint density at radius 1 is 1.00 bits per heavy atom. The second-order valence-electron chi connectivity index (χ2n) is 6.02. The summed E-state index contributed by atoms with van der Waals surface area (Å²) in [4.78, 5) is 23.4. The molecule has 2 amide bonds. The van der Waals surface area contributed by atoms with Crippen LogP contribution in [0.5, 0.6) is 0 Å². The van der Waals surface area contributed by atoms with Gasteiger partial charge in [0.1, 0.15) is 5.82 Å². The van der Waals surface area contributed by atoms with Crippen LogP contribution in [0.4, 0.5) is 28.9 Å². The second-order valence-corrected chi connectivity index (χ2v) is 6.02. The Hall–Kier alpha value is -3.69. The molecule has 0 bridgehead atoms. The van der Waals surface area contributed by atoms with Crippen LogP contribution in [0.15, 0.2) is 54.7 Å². The summed E-state index contributed by atoms with van der Waals surface area (Å²) < 4.78 is 54.4. The molecule has 0 atom stereocenters. The van der Waals surface area contributed by atoms with Crippen molar-refractivity contribution in [2.75, 3.05) is 10.6 Å². The normalized spacial score (nSPS) is 11.2. The number of amides is 2. The van der Waals surface area contributed by atoms with Gasteiger partial charge >= 0.3 is 6.18 Å². The van der Waals surface area contributed by atoms with Crippen molar-refractivity contribution in [2.45, 2.75) is 13.1 Å². The molecular formula is C19H14F4N4O2. The lowest BCUT2D eigenvalue weighted by atomic mass is 10.1. The zero-order valence-electron chi connectivity index (χ0n) is 14.9. The van der Waals surface area contributed by atoms with Crippen LogP contribution in [0.2, 0.25) is 0 Å². The standard InChI is InChI=1S/C19H14F4N4O2/c1-11(28)24-13-4-7-16(15(10-13)19(21,22)23)25-18(29)17-8-9-27(26-17)14-5-2-12(20)3-6-14/h2-10H,1H3,(H,24,28)(H,25,29). The summed E-state index contributed by atoms with van der Waals surface area (Å²) >= 11 is 0. The summed E-state index contributed by atoms with van der Waals surface area (Å²) in [6.07, 6.45) is -3.34. The Balaban J connectivity index is 1.85. The minimum atomic E-state index is -4.76. The number of halogens is 4. The number of carbonyl (C=O) groups is 2. The van der Waals surface area contributed by atoms with Crippen molar-refractivity contribution in [2.24, 2.45) is 0 Å². The van der Waals surface area contributed by atoms with E-state index in [-0.39, 0.29) is 11.4 Å². The number of benzene rings is 2. The number of aromatic nitrogens is 2. The Morgan fingerprint density at radius 2 is 1.69 bits per heavy atom. The van der Waals surface area contributed by atoms with Crippen LogP contribution >= 0.6 is 0 Å². The lowest BCUT2D eigenvalue weighted by molar-refractivity contribution is -0.137. The number of nitrogens with zero attached hydrogens (tertiary/aromatic N) is 2. The molecule has 0 fully saturated rings. The summed E-state index contributed by atoms with van der Waals surface area (Å²) in [5, 5.41) is 8.44. The van der Waals surface area contributed by atoms with E-state index in [1.165, 1.54) is 54.2 Å². The highest BCUT2D eigenvalue weighted by Crippen LogP contribution is 2.36. The zero-order chi connectivity index (χ0) is 21.2. The van der Waals surface area contributed by atoms with Crippen LogP contribution in [0, 0.1) is 5.82 Å². The van der Waals surface area contributed by atoms with Crippen LogP contribution in [-0.2, 0) is 11.0 Å². The van der Waals surface area contributed by atoms with Gasteiger partial charge in [-0.3, -0.25) is 9.59 Å². The van der Waals surface area contributed by atoms with Crippen molar-refractivity contribution in [3.63, 3.8) is 0 Å². The molecule has 0 spiro atoms. The van der Waals surface area contributed by atoms with E-state index in [1.54, 1.807) is 0 Å². The third kappa shape index (κ3) is 4.78. The molecule has 0 unspecified atom stereocenters. The van der Waals surface area contributed by atoms with Crippen molar-refractivity contribution < 1.29 is 27.2 Å². The number of alkyl halides is 3. The molecule has 6 nitrogen and oxygen atoms in total. The maximum Gasteiger partial charge on any atom is 0.418 e. The van der Waals surface area contributed by atoms with Crippen LogP contribution in [0.3, 0.4) is 0 Å². The highest BCUT2D eigenvalue weighted by molar-refractivity contribution is 6.03. The summed E-state index contributed by atoms with van der Waals surface area (Å²) in [6, 6.07) is 9.63. The summed E-state index contributed by atoms with van der Waals surface area (Å²) in [6.45, 7) is 1.17. The third-order valence-corrected chi connectivity index (χ3v) is 3.81.